The van der Waals surface area contributed by atoms with E-state index in [1.807, 2.05) is 6.07 Å². The van der Waals surface area contributed by atoms with Crippen LogP contribution < -0.4 is 5.32 Å². The smallest absolute Gasteiger partial charge is 0.238 e. The van der Waals surface area contributed by atoms with Gasteiger partial charge in [0.15, 0.2) is 0 Å². The highest BCUT2D eigenvalue weighted by Crippen LogP contribution is 2.30. The van der Waals surface area contributed by atoms with Crippen molar-refractivity contribution in [3.63, 3.8) is 0 Å². The summed E-state index contributed by atoms with van der Waals surface area (Å²) >= 11 is 12.3. The van der Waals surface area contributed by atoms with Crippen LogP contribution in [0.25, 0.3) is 0 Å². The lowest BCUT2D eigenvalue weighted by Crippen LogP contribution is -2.42. The van der Waals surface area contributed by atoms with Gasteiger partial charge in [-0.15, -0.1) is 0 Å². The first-order chi connectivity index (χ1) is 13.5. The van der Waals surface area contributed by atoms with Gasteiger partial charge in [0.25, 0.3) is 0 Å². The summed E-state index contributed by atoms with van der Waals surface area (Å²) in [6, 6.07) is 16.5. The molecule has 0 bridgehead atoms. The number of likely N-dealkylation sites (tertiary alicyclic amines) is 1. The molecule has 1 amide bonds. The van der Waals surface area contributed by atoms with Gasteiger partial charge in [-0.3, -0.25) is 14.6 Å². The van der Waals surface area contributed by atoms with E-state index in [-0.39, 0.29) is 5.91 Å². The Bertz CT molecular complexity index is 779. The minimum absolute atomic E-state index is 0.0913. The van der Waals surface area contributed by atoms with Crippen molar-refractivity contribution in [2.45, 2.75) is 32.4 Å². The van der Waals surface area contributed by atoms with E-state index in [9.17, 15) is 4.79 Å². The van der Waals surface area contributed by atoms with Gasteiger partial charge >= 0.3 is 0 Å². The van der Waals surface area contributed by atoms with Crippen LogP contribution in [0.4, 0.5) is 5.69 Å². The first-order valence-corrected chi connectivity index (χ1v) is 10.5. The van der Waals surface area contributed by atoms with Crippen LogP contribution in [0.5, 0.6) is 0 Å². The zero-order chi connectivity index (χ0) is 20.1. The molecule has 150 valence electrons. The molecule has 0 aliphatic carbocycles. The van der Waals surface area contributed by atoms with Crippen LogP contribution >= 0.6 is 23.2 Å². The monoisotopic (exact) mass is 419 g/mol. The molecule has 4 nitrogen and oxygen atoms in total. The van der Waals surface area contributed by atoms with E-state index < -0.39 is 0 Å². The summed E-state index contributed by atoms with van der Waals surface area (Å²) in [5, 5.41) is 3.77. The number of likely N-dealkylation sites (N-methyl/N-ethyl adjacent to an activating group) is 1. The predicted molar refractivity (Wildman–Crippen MR) is 117 cm³/mol. The van der Waals surface area contributed by atoms with Crippen molar-refractivity contribution in [3.8, 4) is 0 Å². The van der Waals surface area contributed by atoms with Crippen LogP contribution in [0.1, 0.15) is 31.9 Å². The second-order valence-corrected chi connectivity index (χ2v) is 8.05. The van der Waals surface area contributed by atoms with Crippen LogP contribution in [0, 0.1) is 0 Å². The van der Waals surface area contributed by atoms with Gasteiger partial charge in [0, 0.05) is 25.2 Å². The maximum absolute atomic E-state index is 12.6. The molecule has 2 aromatic rings. The Balaban J connectivity index is 1.59. The van der Waals surface area contributed by atoms with Gasteiger partial charge in [0.05, 0.1) is 22.3 Å². The lowest BCUT2D eigenvalue weighted by molar-refractivity contribution is -0.117. The maximum Gasteiger partial charge on any atom is 0.238 e. The van der Waals surface area contributed by atoms with E-state index in [0.717, 1.165) is 26.1 Å². The lowest BCUT2D eigenvalue weighted by Gasteiger charge is -2.29. The minimum Gasteiger partial charge on any atom is -0.322 e. The first-order valence-electron chi connectivity index (χ1n) is 9.76. The number of nitrogens with zero attached hydrogens (tertiary/aromatic N) is 2. The fourth-order valence-electron chi connectivity index (χ4n) is 3.84. The molecule has 2 unspecified atom stereocenters. The van der Waals surface area contributed by atoms with Gasteiger partial charge in [-0.05, 0) is 37.6 Å². The van der Waals surface area contributed by atoms with Crippen molar-refractivity contribution in [2.75, 3.05) is 31.5 Å². The van der Waals surface area contributed by atoms with E-state index in [0.29, 0.717) is 34.4 Å². The van der Waals surface area contributed by atoms with Gasteiger partial charge in [0.2, 0.25) is 5.91 Å². The molecule has 0 saturated carbocycles. The molecular weight excluding hydrogens is 393 g/mol. The molecule has 1 aliphatic heterocycles. The largest absolute Gasteiger partial charge is 0.322 e. The van der Waals surface area contributed by atoms with E-state index in [4.69, 9.17) is 23.2 Å². The van der Waals surface area contributed by atoms with Crippen molar-refractivity contribution >= 4 is 34.8 Å². The number of carbonyl (C=O) groups is 1. The van der Waals surface area contributed by atoms with Crippen molar-refractivity contribution in [1.29, 1.82) is 0 Å². The Kier molecular flexibility index (Phi) is 7.36. The highest BCUT2D eigenvalue weighted by Gasteiger charge is 2.31. The third-order valence-electron chi connectivity index (χ3n) is 5.52. The van der Waals surface area contributed by atoms with E-state index >= 15 is 0 Å². The summed E-state index contributed by atoms with van der Waals surface area (Å²) in [5.41, 5.74) is 1.81. The summed E-state index contributed by atoms with van der Waals surface area (Å²) in [4.78, 5) is 17.3. The van der Waals surface area contributed by atoms with Gasteiger partial charge in [-0.1, -0.05) is 66.5 Å². The highest BCUT2D eigenvalue weighted by atomic mass is 35.5. The Labute approximate surface area is 177 Å². The Morgan fingerprint density at radius 1 is 1.18 bits per heavy atom. The number of halogens is 2. The Morgan fingerprint density at radius 2 is 1.86 bits per heavy atom. The molecular formula is C22H27Cl2N3O. The summed E-state index contributed by atoms with van der Waals surface area (Å²) < 4.78 is 0. The Morgan fingerprint density at radius 3 is 2.50 bits per heavy atom. The SMILES string of the molecule is CCN(CC(=O)Nc1c(Cl)cccc1Cl)C1CCN(C(C)c2ccccc2)C1. The van der Waals surface area contributed by atoms with E-state index in [2.05, 4.69) is 53.2 Å². The Hall–Kier alpha value is -1.59. The number of para-hydroxylation sites is 1. The molecule has 1 saturated heterocycles. The quantitative estimate of drug-likeness (QED) is 0.678. The maximum atomic E-state index is 12.6. The second-order valence-electron chi connectivity index (χ2n) is 7.23. The number of hydrogen-bond acceptors (Lipinski definition) is 3. The number of carbonyl (C=O) groups excluding carboxylic acids is 1. The summed E-state index contributed by atoms with van der Waals surface area (Å²) in [5.74, 6) is -0.0913. The van der Waals surface area contributed by atoms with Gasteiger partial charge in [-0.2, -0.15) is 0 Å². The molecule has 1 N–H and O–H groups in total. The standard InChI is InChI=1S/C22H27Cl2N3O/c1-3-26(15-21(28)25-22-19(23)10-7-11-20(22)24)18-12-13-27(14-18)16(2)17-8-5-4-6-9-17/h4-11,16,18H,3,12-15H2,1-2H3,(H,25,28). The molecule has 0 spiro atoms. The fourth-order valence-corrected chi connectivity index (χ4v) is 4.33. The van der Waals surface area contributed by atoms with Crippen LogP contribution in [-0.2, 0) is 4.79 Å². The molecule has 6 heteroatoms. The third kappa shape index (κ3) is 5.06. The highest BCUT2D eigenvalue weighted by molar-refractivity contribution is 6.39. The van der Waals surface area contributed by atoms with Crippen LogP contribution in [-0.4, -0.2) is 47.9 Å². The van der Waals surface area contributed by atoms with Crippen LogP contribution in [0.2, 0.25) is 10.0 Å². The fraction of sp³-hybridized carbons (Fsp3) is 0.409. The number of amides is 1. The number of nitrogens with one attached hydrogen (secondary N) is 1. The topological polar surface area (TPSA) is 35.6 Å². The molecule has 0 aromatic heterocycles. The van der Waals surface area contributed by atoms with Crippen LogP contribution in [0.15, 0.2) is 48.5 Å². The summed E-state index contributed by atoms with van der Waals surface area (Å²) in [7, 11) is 0. The minimum atomic E-state index is -0.0913. The molecule has 2 atom stereocenters. The molecule has 0 radical (unpaired) electrons. The van der Waals surface area contributed by atoms with Gasteiger partial charge in [-0.25, -0.2) is 0 Å². The average Bonchev–Trinajstić information content (AvgIpc) is 3.19. The van der Waals surface area contributed by atoms with E-state index in [1.54, 1.807) is 18.2 Å². The summed E-state index contributed by atoms with van der Waals surface area (Å²) in [6.45, 7) is 7.50. The van der Waals surface area contributed by atoms with Crippen molar-refractivity contribution in [2.24, 2.45) is 0 Å². The van der Waals surface area contributed by atoms with E-state index in [1.165, 1.54) is 5.56 Å². The van der Waals surface area contributed by atoms with Gasteiger partial charge in [0.1, 0.15) is 0 Å². The van der Waals surface area contributed by atoms with Crippen LogP contribution in [0.3, 0.4) is 0 Å². The third-order valence-corrected chi connectivity index (χ3v) is 6.15. The number of benzene rings is 2. The molecule has 1 fully saturated rings. The predicted octanol–water partition coefficient (Wildman–Crippen LogP) is 5.09. The molecule has 3 rings (SSSR count). The number of rotatable bonds is 7. The zero-order valence-electron chi connectivity index (χ0n) is 16.4. The van der Waals surface area contributed by atoms with Gasteiger partial charge < -0.3 is 5.32 Å². The molecule has 1 heterocycles. The summed E-state index contributed by atoms with van der Waals surface area (Å²) in [6.07, 6.45) is 1.06. The normalized spacial score (nSPS) is 18.4. The number of hydrogen-bond donors (Lipinski definition) is 1. The molecule has 28 heavy (non-hydrogen) atoms. The van der Waals surface area contributed by atoms with Crippen molar-refractivity contribution in [1.82, 2.24) is 9.80 Å². The van der Waals surface area contributed by atoms with Crippen molar-refractivity contribution in [3.05, 3.63) is 64.1 Å². The molecule has 1 aliphatic rings. The molecule has 2 aromatic carbocycles. The first kappa shape index (κ1) is 21.1. The average molecular weight is 420 g/mol. The van der Waals surface area contributed by atoms with Crippen molar-refractivity contribution < 1.29 is 4.79 Å². The zero-order valence-corrected chi connectivity index (χ0v) is 17.9. The number of anilines is 1. The second kappa shape index (κ2) is 9.75. The lowest BCUT2D eigenvalue weighted by atomic mass is 10.1.